The summed E-state index contributed by atoms with van der Waals surface area (Å²) in [6, 6.07) is 1.68. The number of unbranched alkanes of at least 4 members (excludes halogenated alkanes) is 2. The van der Waals surface area contributed by atoms with E-state index in [9.17, 15) is 4.79 Å². The fourth-order valence-electron chi connectivity index (χ4n) is 2.21. The molecular formula is C14H22N4O. The van der Waals surface area contributed by atoms with Gasteiger partial charge in [-0.25, -0.2) is 9.97 Å². The van der Waals surface area contributed by atoms with Gasteiger partial charge in [0.2, 0.25) is 5.95 Å². The van der Waals surface area contributed by atoms with Gasteiger partial charge in [0.1, 0.15) is 5.69 Å². The van der Waals surface area contributed by atoms with Crippen molar-refractivity contribution in [3.8, 4) is 0 Å². The number of hydrogen-bond donors (Lipinski definition) is 1. The highest BCUT2D eigenvalue weighted by atomic mass is 16.1. The predicted octanol–water partition coefficient (Wildman–Crippen LogP) is 2.00. The fraction of sp³-hybridized carbons (Fsp3) is 0.643. The highest BCUT2D eigenvalue weighted by molar-refractivity contribution is 5.92. The molecule has 5 heteroatoms. The summed E-state index contributed by atoms with van der Waals surface area (Å²) >= 11 is 0. The van der Waals surface area contributed by atoms with Gasteiger partial charge in [0.05, 0.1) is 0 Å². The average molecular weight is 262 g/mol. The van der Waals surface area contributed by atoms with Crippen molar-refractivity contribution in [2.24, 2.45) is 0 Å². The third-order valence-corrected chi connectivity index (χ3v) is 3.33. The number of amides is 1. The number of nitrogens with one attached hydrogen (secondary N) is 1. The van der Waals surface area contributed by atoms with Crippen LogP contribution in [-0.2, 0) is 0 Å². The van der Waals surface area contributed by atoms with Crippen molar-refractivity contribution < 1.29 is 4.79 Å². The monoisotopic (exact) mass is 262 g/mol. The van der Waals surface area contributed by atoms with E-state index in [0.29, 0.717) is 11.6 Å². The van der Waals surface area contributed by atoms with Crippen LogP contribution in [0.15, 0.2) is 12.3 Å². The highest BCUT2D eigenvalue weighted by Crippen LogP contribution is 2.15. The summed E-state index contributed by atoms with van der Waals surface area (Å²) in [6.07, 6.45) is 7.34. The van der Waals surface area contributed by atoms with E-state index in [-0.39, 0.29) is 5.91 Å². The second-order valence-electron chi connectivity index (χ2n) is 4.90. The molecule has 1 saturated heterocycles. The Kier molecular flexibility index (Phi) is 5.12. The van der Waals surface area contributed by atoms with E-state index in [1.807, 2.05) is 0 Å². The number of carbonyl (C=O) groups excluding carboxylic acids is 1. The summed E-state index contributed by atoms with van der Waals surface area (Å²) in [6.45, 7) is 4.84. The number of anilines is 1. The Bertz CT molecular complexity index is 416. The van der Waals surface area contributed by atoms with Gasteiger partial charge in [-0.1, -0.05) is 19.8 Å². The topological polar surface area (TPSA) is 58.1 Å². The zero-order valence-corrected chi connectivity index (χ0v) is 11.6. The summed E-state index contributed by atoms with van der Waals surface area (Å²) < 4.78 is 0. The van der Waals surface area contributed by atoms with Crippen molar-refractivity contribution in [1.82, 2.24) is 15.3 Å². The molecule has 1 fully saturated rings. The van der Waals surface area contributed by atoms with Crippen LogP contribution in [-0.4, -0.2) is 35.5 Å². The van der Waals surface area contributed by atoms with Crippen molar-refractivity contribution in [2.45, 2.75) is 39.0 Å². The van der Waals surface area contributed by atoms with Gasteiger partial charge in [-0.15, -0.1) is 0 Å². The van der Waals surface area contributed by atoms with Crippen molar-refractivity contribution in [1.29, 1.82) is 0 Å². The molecule has 0 aliphatic carbocycles. The molecule has 2 heterocycles. The van der Waals surface area contributed by atoms with Crippen LogP contribution in [0.3, 0.4) is 0 Å². The number of nitrogens with zero attached hydrogens (tertiary/aromatic N) is 3. The Hall–Kier alpha value is -1.65. The Balaban J connectivity index is 1.92. The first-order valence-corrected chi connectivity index (χ1v) is 7.17. The Morgan fingerprint density at radius 3 is 2.89 bits per heavy atom. The minimum atomic E-state index is -0.0982. The molecule has 1 aromatic rings. The SMILES string of the molecule is CCCCCNC(=O)c1ccnc(N2CCCC2)n1. The van der Waals surface area contributed by atoms with Gasteiger partial charge in [-0.05, 0) is 25.3 Å². The maximum atomic E-state index is 12.0. The molecule has 1 aliphatic heterocycles. The van der Waals surface area contributed by atoms with Crippen molar-refractivity contribution >= 4 is 11.9 Å². The summed E-state index contributed by atoms with van der Waals surface area (Å²) in [5.41, 5.74) is 0.466. The van der Waals surface area contributed by atoms with E-state index in [1.165, 1.54) is 12.8 Å². The lowest BCUT2D eigenvalue weighted by Gasteiger charge is -2.15. The quantitative estimate of drug-likeness (QED) is 0.797. The standard InChI is InChI=1S/C14H22N4O/c1-2-3-4-8-15-13(19)12-7-9-16-14(17-12)18-10-5-6-11-18/h7,9H,2-6,8,10-11H2,1H3,(H,15,19). The third kappa shape index (κ3) is 3.91. The van der Waals surface area contributed by atoms with Gasteiger partial charge in [-0.3, -0.25) is 4.79 Å². The van der Waals surface area contributed by atoms with E-state index in [2.05, 4.69) is 27.1 Å². The lowest BCUT2D eigenvalue weighted by atomic mass is 10.2. The first kappa shape index (κ1) is 13.8. The van der Waals surface area contributed by atoms with Gasteiger partial charge in [0.15, 0.2) is 0 Å². The molecule has 0 saturated carbocycles. The molecule has 5 nitrogen and oxygen atoms in total. The molecule has 1 aromatic heterocycles. The number of carbonyl (C=O) groups is 1. The van der Waals surface area contributed by atoms with Crippen molar-refractivity contribution in [2.75, 3.05) is 24.5 Å². The van der Waals surface area contributed by atoms with Crippen molar-refractivity contribution in [3.05, 3.63) is 18.0 Å². The Morgan fingerprint density at radius 1 is 1.37 bits per heavy atom. The second-order valence-corrected chi connectivity index (χ2v) is 4.90. The van der Waals surface area contributed by atoms with Crippen LogP contribution in [0.1, 0.15) is 49.5 Å². The summed E-state index contributed by atoms with van der Waals surface area (Å²) in [5, 5.41) is 2.90. The Labute approximate surface area is 114 Å². The molecule has 1 amide bonds. The van der Waals surface area contributed by atoms with Crippen molar-refractivity contribution in [3.63, 3.8) is 0 Å². The molecule has 104 valence electrons. The summed E-state index contributed by atoms with van der Waals surface area (Å²) in [4.78, 5) is 22.7. The van der Waals surface area contributed by atoms with E-state index >= 15 is 0 Å². The molecule has 0 atom stereocenters. The molecule has 0 unspecified atom stereocenters. The second kappa shape index (κ2) is 7.07. The summed E-state index contributed by atoms with van der Waals surface area (Å²) in [7, 11) is 0. The van der Waals surface area contributed by atoms with E-state index in [4.69, 9.17) is 0 Å². The Morgan fingerprint density at radius 2 is 2.16 bits per heavy atom. The number of hydrogen-bond acceptors (Lipinski definition) is 4. The van der Waals surface area contributed by atoms with Crippen LogP contribution in [0.5, 0.6) is 0 Å². The normalized spacial score (nSPS) is 14.7. The maximum Gasteiger partial charge on any atom is 0.270 e. The molecule has 0 spiro atoms. The molecule has 0 bridgehead atoms. The fourth-order valence-corrected chi connectivity index (χ4v) is 2.21. The van der Waals surface area contributed by atoms with Gasteiger partial charge >= 0.3 is 0 Å². The molecule has 0 aromatic carbocycles. The van der Waals surface area contributed by atoms with Gasteiger partial charge in [0, 0.05) is 25.8 Å². The lowest BCUT2D eigenvalue weighted by Crippen LogP contribution is -2.27. The van der Waals surface area contributed by atoms with E-state index in [0.717, 1.165) is 38.9 Å². The summed E-state index contributed by atoms with van der Waals surface area (Å²) in [5.74, 6) is 0.581. The molecule has 19 heavy (non-hydrogen) atoms. The van der Waals surface area contributed by atoms with Crippen LogP contribution in [0.2, 0.25) is 0 Å². The van der Waals surface area contributed by atoms with Gasteiger partial charge < -0.3 is 10.2 Å². The molecule has 2 rings (SSSR count). The predicted molar refractivity (Wildman–Crippen MR) is 75.3 cm³/mol. The first-order chi connectivity index (χ1) is 9.31. The van der Waals surface area contributed by atoms with Crippen LogP contribution < -0.4 is 10.2 Å². The minimum absolute atomic E-state index is 0.0982. The molecular weight excluding hydrogens is 240 g/mol. The average Bonchev–Trinajstić information content (AvgIpc) is 2.98. The van der Waals surface area contributed by atoms with Crippen LogP contribution >= 0.6 is 0 Å². The minimum Gasteiger partial charge on any atom is -0.351 e. The van der Waals surface area contributed by atoms with E-state index < -0.39 is 0 Å². The van der Waals surface area contributed by atoms with Crippen LogP contribution in [0.25, 0.3) is 0 Å². The number of rotatable bonds is 6. The van der Waals surface area contributed by atoms with Gasteiger partial charge in [-0.2, -0.15) is 0 Å². The lowest BCUT2D eigenvalue weighted by molar-refractivity contribution is 0.0948. The van der Waals surface area contributed by atoms with Crippen LogP contribution in [0.4, 0.5) is 5.95 Å². The largest absolute Gasteiger partial charge is 0.351 e. The zero-order chi connectivity index (χ0) is 13.5. The van der Waals surface area contributed by atoms with Gasteiger partial charge in [0.25, 0.3) is 5.91 Å². The molecule has 1 aliphatic rings. The van der Waals surface area contributed by atoms with Crippen LogP contribution in [0, 0.1) is 0 Å². The highest BCUT2D eigenvalue weighted by Gasteiger charge is 2.16. The molecule has 1 N–H and O–H groups in total. The smallest absolute Gasteiger partial charge is 0.270 e. The maximum absolute atomic E-state index is 12.0. The third-order valence-electron chi connectivity index (χ3n) is 3.33. The number of aromatic nitrogens is 2. The van der Waals surface area contributed by atoms with E-state index in [1.54, 1.807) is 12.3 Å². The first-order valence-electron chi connectivity index (χ1n) is 7.17. The zero-order valence-electron chi connectivity index (χ0n) is 11.6. The molecule has 0 radical (unpaired) electrons.